The van der Waals surface area contributed by atoms with Crippen LogP contribution in [0.1, 0.15) is 11.6 Å². The zero-order valence-corrected chi connectivity index (χ0v) is 8.34. The molecule has 1 atom stereocenters. The molecule has 1 aliphatic rings. The SMILES string of the molecule is O=C1NC[C@@H](c2cncc(Br)c2)N1. The van der Waals surface area contributed by atoms with Crippen molar-refractivity contribution in [3.63, 3.8) is 0 Å². The van der Waals surface area contributed by atoms with E-state index in [0.29, 0.717) is 6.54 Å². The van der Waals surface area contributed by atoms with Crippen molar-refractivity contribution in [2.24, 2.45) is 0 Å². The second kappa shape index (κ2) is 3.33. The minimum atomic E-state index is -0.120. The zero-order valence-electron chi connectivity index (χ0n) is 6.75. The Balaban J connectivity index is 2.21. The summed E-state index contributed by atoms with van der Waals surface area (Å²) in [5.41, 5.74) is 1.01. The first-order valence-corrected chi connectivity index (χ1v) is 4.70. The lowest BCUT2D eigenvalue weighted by Gasteiger charge is -2.07. The molecule has 1 aromatic rings. The minimum absolute atomic E-state index is 0.0394. The summed E-state index contributed by atoms with van der Waals surface area (Å²) in [6.07, 6.45) is 3.47. The quantitative estimate of drug-likeness (QED) is 0.777. The molecule has 0 unspecified atom stereocenters. The monoisotopic (exact) mass is 241 g/mol. The number of halogens is 1. The maximum atomic E-state index is 10.9. The molecule has 2 amide bonds. The average Bonchev–Trinajstić information content (AvgIpc) is 2.52. The highest BCUT2D eigenvalue weighted by molar-refractivity contribution is 9.10. The lowest BCUT2D eigenvalue weighted by Crippen LogP contribution is -2.21. The fourth-order valence-electron chi connectivity index (χ4n) is 1.28. The third-order valence-corrected chi connectivity index (χ3v) is 2.33. The molecule has 1 aliphatic heterocycles. The summed E-state index contributed by atoms with van der Waals surface area (Å²) in [4.78, 5) is 14.9. The number of rotatable bonds is 1. The van der Waals surface area contributed by atoms with Crippen molar-refractivity contribution in [3.05, 3.63) is 28.5 Å². The summed E-state index contributed by atoms with van der Waals surface area (Å²) < 4.78 is 0.922. The molecular formula is C8H8BrN3O. The van der Waals surface area contributed by atoms with E-state index >= 15 is 0 Å². The van der Waals surface area contributed by atoms with Crippen LogP contribution in [0.2, 0.25) is 0 Å². The fraction of sp³-hybridized carbons (Fsp3) is 0.250. The van der Waals surface area contributed by atoms with Gasteiger partial charge in [0.05, 0.1) is 6.04 Å². The summed E-state index contributed by atoms with van der Waals surface area (Å²) in [7, 11) is 0. The molecule has 1 saturated heterocycles. The van der Waals surface area contributed by atoms with Gasteiger partial charge in [-0.2, -0.15) is 0 Å². The minimum Gasteiger partial charge on any atom is -0.336 e. The van der Waals surface area contributed by atoms with Gasteiger partial charge in [0.25, 0.3) is 0 Å². The second-order valence-electron chi connectivity index (χ2n) is 2.84. The Bertz CT molecular complexity index is 342. The molecule has 2 N–H and O–H groups in total. The molecule has 1 aromatic heterocycles. The van der Waals surface area contributed by atoms with Crippen LogP contribution < -0.4 is 10.6 Å². The van der Waals surface area contributed by atoms with Crippen molar-refractivity contribution in [2.75, 3.05) is 6.54 Å². The molecule has 0 spiro atoms. The Morgan fingerprint density at radius 2 is 2.38 bits per heavy atom. The molecule has 5 heteroatoms. The lowest BCUT2D eigenvalue weighted by atomic mass is 10.1. The largest absolute Gasteiger partial charge is 0.336 e. The molecule has 0 aliphatic carbocycles. The van der Waals surface area contributed by atoms with Crippen molar-refractivity contribution in [2.45, 2.75) is 6.04 Å². The average molecular weight is 242 g/mol. The maximum absolute atomic E-state index is 10.9. The predicted molar refractivity (Wildman–Crippen MR) is 51.2 cm³/mol. The Morgan fingerprint density at radius 1 is 1.54 bits per heavy atom. The molecule has 2 heterocycles. The van der Waals surface area contributed by atoms with Crippen LogP contribution in [0.4, 0.5) is 4.79 Å². The van der Waals surface area contributed by atoms with Crippen LogP contribution in [-0.2, 0) is 0 Å². The molecule has 1 fully saturated rings. The molecule has 0 bridgehead atoms. The van der Waals surface area contributed by atoms with E-state index in [9.17, 15) is 4.79 Å². The number of amides is 2. The van der Waals surface area contributed by atoms with Gasteiger partial charge in [-0.3, -0.25) is 4.98 Å². The Morgan fingerprint density at radius 3 is 3.00 bits per heavy atom. The standard InChI is InChI=1S/C8H8BrN3O/c9-6-1-5(2-10-3-6)7-4-11-8(13)12-7/h1-3,7H,4H2,(H2,11,12,13)/t7-/m0/s1. The number of carbonyl (C=O) groups is 1. The highest BCUT2D eigenvalue weighted by Gasteiger charge is 2.21. The molecule has 0 radical (unpaired) electrons. The smallest absolute Gasteiger partial charge is 0.315 e. The molecule has 13 heavy (non-hydrogen) atoms. The van der Waals surface area contributed by atoms with Gasteiger partial charge in [0, 0.05) is 23.4 Å². The Hall–Kier alpha value is -1.10. The third kappa shape index (κ3) is 1.80. The van der Waals surface area contributed by atoms with Gasteiger partial charge in [-0.05, 0) is 27.6 Å². The van der Waals surface area contributed by atoms with Crippen LogP contribution in [0.5, 0.6) is 0 Å². The van der Waals surface area contributed by atoms with Crippen LogP contribution in [0, 0.1) is 0 Å². The maximum Gasteiger partial charge on any atom is 0.315 e. The fourth-order valence-corrected chi connectivity index (χ4v) is 1.66. The van der Waals surface area contributed by atoms with Crippen LogP contribution >= 0.6 is 15.9 Å². The highest BCUT2D eigenvalue weighted by Crippen LogP contribution is 2.17. The van der Waals surface area contributed by atoms with E-state index in [-0.39, 0.29) is 12.1 Å². The third-order valence-electron chi connectivity index (χ3n) is 1.90. The van der Waals surface area contributed by atoms with Crippen molar-refractivity contribution in [1.82, 2.24) is 15.6 Å². The van der Waals surface area contributed by atoms with Crippen molar-refractivity contribution < 1.29 is 4.79 Å². The normalized spacial score (nSPS) is 21.0. The molecule has 0 saturated carbocycles. The molecule has 0 aromatic carbocycles. The summed E-state index contributed by atoms with van der Waals surface area (Å²) in [5, 5.41) is 5.48. The molecule has 2 rings (SSSR count). The number of pyridine rings is 1. The van der Waals surface area contributed by atoms with Gasteiger partial charge in [0.15, 0.2) is 0 Å². The van der Waals surface area contributed by atoms with E-state index in [0.717, 1.165) is 10.0 Å². The Kier molecular flexibility index (Phi) is 2.18. The topological polar surface area (TPSA) is 54.0 Å². The van der Waals surface area contributed by atoms with E-state index in [1.54, 1.807) is 12.4 Å². The molecule has 4 nitrogen and oxygen atoms in total. The number of aromatic nitrogens is 1. The number of nitrogens with zero attached hydrogens (tertiary/aromatic N) is 1. The number of urea groups is 1. The lowest BCUT2D eigenvalue weighted by molar-refractivity contribution is 0.247. The first kappa shape index (κ1) is 8.50. The van der Waals surface area contributed by atoms with Crippen molar-refractivity contribution in [1.29, 1.82) is 0 Å². The first-order chi connectivity index (χ1) is 6.25. The van der Waals surface area contributed by atoms with Gasteiger partial charge in [-0.15, -0.1) is 0 Å². The zero-order chi connectivity index (χ0) is 9.26. The van der Waals surface area contributed by atoms with E-state index in [1.807, 2.05) is 6.07 Å². The molecule has 68 valence electrons. The van der Waals surface area contributed by atoms with Crippen LogP contribution in [-0.4, -0.2) is 17.6 Å². The van der Waals surface area contributed by atoms with Crippen LogP contribution in [0.25, 0.3) is 0 Å². The van der Waals surface area contributed by atoms with E-state index in [1.165, 1.54) is 0 Å². The number of hydrogen-bond donors (Lipinski definition) is 2. The van der Waals surface area contributed by atoms with Crippen LogP contribution in [0.15, 0.2) is 22.9 Å². The van der Waals surface area contributed by atoms with Crippen LogP contribution in [0.3, 0.4) is 0 Å². The number of carbonyl (C=O) groups excluding carboxylic acids is 1. The van der Waals surface area contributed by atoms with Gasteiger partial charge in [0.1, 0.15) is 0 Å². The second-order valence-corrected chi connectivity index (χ2v) is 3.76. The van der Waals surface area contributed by atoms with Crippen molar-refractivity contribution >= 4 is 22.0 Å². The van der Waals surface area contributed by atoms with E-state index in [4.69, 9.17) is 0 Å². The van der Waals surface area contributed by atoms with Gasteiger partial charge in [-0.25, -0.2) is 4.79 Å². The van der Waals surface area contributed by atoms with Gasteiger partial charge < -0.3 is 10.6 Å². The summed E-state index contributed by atoms with van der Waals surface area (Å²) in [5.74, 6) is 0. The highest BCUT2D eigenvalue weighted by atomic mass is 79.9. The van der Waals surface area contributed by atoms with E-state index in [2.05, 4.69) is 31.5 Å². The van der Waals surface area contributed by atoms with Gasteiger partial charge in [-0.1, -0.05) is 0 Å². The Labute approximate surface area is 83.9 Å². The first-order valence-electron chi connectivity index (χ1n) is 3.90. The summed E-state index contributed by atoms with van der Waals surface area (Å²) in [6, 6.07) is 1.87. The molecular weight excluding hydrogens is 234 g/mol. The predicted octanol–water partition coefficient (Wildman–Crippen LogP) is 1.20. The summed E-state index contributed by atoms with van der Waals surface area (Å²) in [6.45, 7) is 0.622. The number of nitrogens with one attached hydrogen (secondary N) is 2. The summed E-state index contributed by atoms with van der Waals surface area (Å²) >= 11 is 3.33. The van der Waals surface area contributed by atoms with Gasteiger partial charge >= 0.3 is 6.03 Å². The number of hydrogen-bond acceptors (Lipinski definition) is 2. The van der Waals surface area contributed by atoms with Gasteiger partial charge in [0.2, 0.25) is 0 Å². The van der Waals surface area contributed by atoms with Crippen molar-refractivity contribution in [3.8, 4) is 0 Å². The van der Waals surface area contributed by atoms with E-state index < -0.39 is 0 Å².